The molecule has 1 aliphatic heterocycles. The fourth-order valence-corrected chi connectivity index (χ4v) is 2.32. The number of piperidine rings is 1. The average molecular weight is 258 g/mol. The quantitative estimate of drug-likeness (QED) is 0.839. The maximum atomic E-state index is 5.91. The molecule has 1 saturated heterocycles. The van der Waals surface area contributed by atoms with E-state index in [4.69, 9.17) is 10.2 Å². The van der Waals surface area contributed by atoms with Gasteiger partial charge in [-0.15, -0.1) is 5.10 Å². The van der Waals surface area contributed by atoms with Crippen LogP contribution in [0.5, 0.6) is 0 Å². The summed E-state index contributed by atoms with van der Waals surface area (Å²) in [7, 11) is 0. The van der Waals surface area contributed by atoms with Gasteiger partial charge in [0.1, 0.15) is 0 Å². The number of aromatic nitrogens is 2. The largest absolute Gasteiger partial charge is 0.403 e. The molecule has 3 rings (SSSR count). The first-order valence-electron chi connectivity index (χ1n) is 6.69. The van der Waals surface area contributed by atoms with Crippen molar-refractivity contribution in [2.75, 3.05) is 23.7 Å². The van der Waals surface area contributed by atoms with Gasteiger partial charge in [-0.1, -0.05) is 11.2 Å². The zero-order valence-corrected chi connectivity index (χ0v) is 11.1. The Morgan fingerprint density at radius 3 is 2.68 bits per heavy atom. The number of rotatable bonds is 2. The van der Waals surface area contributed by atoms with Crippen LogP contribution in [0.25, 0.3) is 11.5 Å². The lowest BCUT2D eigenvalue weighted by Gasteiger charge is -2.24. The van der Waals surface area contributed by atoms with E-state index in [2.05, 4.69) is 15.1 Å². The van der Waals surface area contributed by atoms with Gasteiger partial charge in [0.15, 0.2) is 0 Å². The molecule has 0 bridgehead atoms. The predicted octanol–water partition coefficient (Wildman–Crippen LogP) is 2.62. The topological polar surface area (TPSA) is 68.2 Å². The smallest absolute Gasteiger partial charge is 0.318 e. The minimum atomic E-state index is 0.535. The second-order valence-electron chi connectivity index (χ2n) is 5.01. The van der Waals surface area contributed by atoms with Gasteiger partial charge >= 0.3 is 6.01 Å². The molecule has 0 amide bonds. The summed E-state index contributed by atoms with van der Waals surface area (Å²) >= 11 is 0. The Morgan fingerprint density at radius 1 is 1.16 bits per heavy atom. The molecule has 0 atom stereocenters. The molecule has 2 aromatic rings. The van der Waals surface area contributed by atoms with Crippen molar-refractivity contribution in [3.8, 4) is 11.5 Å². The summed E-state index contributed by atoms with van der Waals surface area (Å²) in [6.45, 7) is 3.97. The number of benzene rings is 1. The highest BCUT2D eigenvalue weighted by atomic mass is 16.4. The van der Waals surface area contributed by atoms with Gasteiger partial charge < -0.3 is 15.1 Å². The SMILES string of the molecule is Cc1ccc(-c2nnc(N3CCCCC3)o2)cc1N. The monoisotopic (exact) mass is 258 g/mol. The highest BCUT2D eigenvalue weighted by molar-refractivity contribution is 5.62. The van der Waals surface area contributed by atoms with Crippen LogP contribution in [0.4, 0.5) is 11.7 Å². The predicted molar refractivity (Wildman–Crippen MR) is 74.9 cm³/mol. The van der Waals surface area contributed by atoms with Crippen LogP contribution >= 0.6 is 0 Å². The van der Waals surface area contributed by atoms with Gasteiger partial charge in [0.05, 0.1) is 0 Å². The zero-order chi connectivity index (χ0) is 13.2. The molecule has 1 aromatic carbocycles. The second-order valence-corrected chi connectivity index (χ2v) is 5.01. The van der Waals surface area contributed by atoms with Crippen LogP contribution in [0.3, 0.4) is 0 Å². The Bertz CT molecular complexity index is 573. The normalized spacial score (nSPS) is 15.7. The van der Waals surface area contributed by atoms with E-state index in [9.17, 15) is 0 Å². The molecule has 0 spiro atoms. The Balaban J connectivity index is 1.85. The number of anilines is 2. The third-order valence-corrected chi connectivity index (χ3v) is 3.57. The number of hydrogen-bond donors (Lipinski definition) is 1. The van der Waals surface area contributed by atoms with Gasteiger partial charge in [-0.05, 0) is 43.9 Å². The van der Waals surface area contributed by atoms with Gasteiger partial charge in [-0.25, -0.2) is 0 Å². The molecule has 0 aliphatic carbocycles. The molecular weight excluding hydrogens is 240 g/mol. The summed E-state index contributed by atoms with van der Waals surface area (Å²) in [5.74, 6) is 0.535. The van der Waals surface area contributed by atoms with E-state index >= 15 is 0 Å². The molecule has 1 fully saturated rings. The molecule has 5 nitrogen and oxygen atoms in total. The first-order chi connectivity index (χ1) is 9.24. The molecule has 0 unspecified atom stereocenters. The summed E-state index contributed by atoms with van der Waals surface area (Å²) in [6.07, 6.45) is 3.66. The molecule has 1 aromatic heterocycles. The Kier molecular flexibility index (Phi) is 3.11. The van der Waals surface area contributed by atoms with Crippen LogP contribution in [0.2, 0.25) is 0 Å². The number of nitrogens with zero attached hydrogens (tertiary/aromatic N) is 3. The molecule has 0 radical (unpaired) electrons. The van der Waals surface area contributed by atoms with Crippen molar-refractivity contribution in [3.63, 3.8) is 0 Å². The maximum absolute atomic E-state index is 5.91. The molecule has 1 aliphatic rings. The van der Waals surface area contributed by atoms with Crippen LogP contribution < -0.4 is 10.6 Å². The Labute approximate surface area is 112 Å². The minimum absolute atomic E-state index is 0.535. The fraction of sp³-hybridized carbons (Fsp3) is 0.429. The first kappa shape index (κ1) is 12.0. The van der Waals surface area contributed by atoms with Crippen LogP contribution in [-0.4, -0.2) is 23.3 Å². The van der Waals surface area contributed by atoms with Crippen molar-refractivity contribution >= 4 is 11.7 Å². The lowest BCUT2D eigenvalue weighted by atomic mass is 10.1. The first-order valence-corrected chi connectivity index (χ1v) is 6.69. The molecule has 5 heteroatoms. The lowest BCUT2D eigenvalue weighted by molar-refractivity contribution is 0.498. The van der Waals surface area contributed by atoms with Crippen molar-refractivity contribution in [1.82, 2.24) is 10.2 Å². The molecular formula is C14H18N4O. The van der Waals surface area contributed by atoms with E-state index in [-0.39, 0.29) is 0 Å². The highest BCUT2D eigenvalue weighted by Gasteiger charge is 2.17. The molecule has 0 saturated carbocycles. The molecule has 2 N–H and O–H groups in total. The summed E-state index contributed by atoms with van der Waals surface area (Å²) in [5, 5.41) is 8.26. The van der Waals surface area contributed by atoms with Crippen molar-refractivity contribution in [2.24, 2.45) is 0 Å². The number of nitrogen functional groups attached to an aromatic ring is 1. The second kappa shape index (κ2) is 4.91. The number of aryl methyl sites for hydroxylation is 1. The number of nitrogens with two attached hydrogens (primary N) is 1. The summed E-state index contributed by atoms with van der Waals surface area (Å²) in [4.78, 5) is 2.15. The van der Waals surface area contributed by atoms with Gasteiger partial charge in [0.2, 0.25) is 5.89 Å². The summed E-state index contributed by atoms with van der Waals surface area (Å²) < 4.78 is 5.75. The molecule has 19 heavy (non-hydrogen) atoms. The van der Waals surface area contributed by atoms with Crippen molar-refractivity contribution in [1.29, 1.82) is 0 Å². The Morgan fingerprint density at radius 2 is 1.95 bits per heavy atom. The molecule has 100 valence electrons. The van der Waals surface area contributed by atoms with Gasteiger partial charge in [-0.2, -0.15) is 0 Å². The van der Waals surface area contributed by atoms with E-state index in [1.54, 1.807) is 0 Å². The van der Waals surface area contributed by atoms with Crippen LogP contribution in [0.15, 0.2) is 22.6 Å². The van der Waals surface area contributed by atoms with E-state index in [0.717, 1.165) is 29.9 Å². The van der Waals surface area contributed by atoms with Gasteiger partial charge in [0.25, 0.3) is 0 Å². The molecule has 2 heterocycles. The van der Waals surface area contributed by atoms with Crippen LogP contribution in [0.1, 0.15) is 24.8 Å². The lowest BCUT2D eigenvalue weighted by Crippen LogP contribution is -2.29. The Hall–Kier alpha value is -2.04. The van der Waals surface area contributed by atoms with E-state index in [1.807, 2.05) is 25.1 Å². The van der Waals surface area contributed by atoms with Gasteiger partial charge in [0, 0.05) is 24.3 Å². The standard InChI is InChI=1S/C14H18N4O/c1-10-5-6-11(9-12(10)15)13-16-17-14(19-13)18-7-3-2-4-8-18/h5-6,9H,2-4,7-8,15H2,1H3. The van der Waals surface area contributed by atoms with E-state index in [0.29, 0.717) is 11.9 Å². The zero-order valence-electron chi connectivity index (χ0n) is 11.1. The highest BCUT2D eigenvalue weighted by Crippen LogP contribution is 2.26. The van der Waals surface area contributed by atoms with Crippen LogP contribution in [-0.2, 0) is 0 Å². The van der Waals surface area contributed by atoms with Crippen molar-refractivity contribution in [3.05, 3.63) is 23.8 Å². The van der Waals surface area contributed by atoms with Crippen LogP contribution in [0, 0.1) is 6.92 Å². The number of hydrogen-bond acceptors (Lipinski definition) is 5. The van der Waals surface area contributed by atoms with Crippen molar-refractivity contribution in [2.45, 2.75) is 26.2 Å². The minimum Gasteiger partial charge on any atom is -0.403 e. The maximum Gasteiger partial charge on any atom is 0.318 e. The summed E-state index contributed by atoms with van der Waals surface area (Å²) in [6, 6.07) is 6.42. The van der Waals surface area contributed by atoms with Gasteiger partial charge in [-0.3, -0.25) is 0 Å². The van der Waals surface area contributed by atoms with E-state index < -0.39 is 0 Å². The third-order valence-electron chi connectivity index (χ3n) is 3.57. The summed E-state index contributed by atoms with van der Waals surface area (Å²) in [5.41, 5.74) is 8.58. The van der Waals surface area contributed by atoms with E-state index in [1.165, 1.54) is 19.3 Å². The average Bonchev–Trinajstić information content (AvgIpc) is 2.93. The fourth-order valence-electron chi connectivity index (χ4n) is 2.32. The van der Waals surface area contributed by atoms with Crippen molar-refractivity contribution < 1.29 is 4.42 Å². The third kappa shape index (κ3) is 2.41.